The maximum absolute atomic E-state index is 11.6. The number of rotatable bonds is 6. The van der Waals surface area contributed by atoms with E-state index in [1.807, 2.05) is 19.1 Å². The minimum absolute atomic E-state index is 0.215. The highest BCUT2D eigenvalue weighted by molar-refractivity contribution is 5.95. The van der Waals surface area contributed by atoms with E-state index < -0.39 is 0 Å². The van der Waals surface area contributed by atoms with E-state index >= 15 is 0 Å². The third kappa shape index (κ3) is 4.04. The van der Waals surface area contributed by atoms with Gasteiger partial charge in [-0.25, -0.2) is 0 Å². The van der Waals surface area contributed by atoms with Crippen molar-refractivity contribution in [3.63, 3.8) is 0 Å². The fraction of sp³-hybridized carbons (Fsp3) is 0.350. The van der Waals surface area contributed by atoms with Gasteiger partial charge < -0.3 is 0 Å². The summed E-state index contributed by atoms with van der Waals surface area (Å²) in [7, 11) is 0. The van der Waals surface area contributed by atoms with Crippen LogP contribution in [0.2, 0.25) is 0 Å². The van der Waals surface area contributed by atoms with E-state index in [0.29, 0.717) is 12.3 Å². The van der Waals surface area contributed by atoms with Crippen molar-refractivity contribution in [2.24, 2.45) is 0 Å². The Morgan fingerprint density at radius 3 is 2.24 bits per heavy atom. The minimum atomic E-state index is 0.215. The standard InChI is InChI=1S/C20H24O/c1-4-20(21)18-13-10-16(11-14-18)9-12-17-7-5-6-8-19(17)15(2)3/h5-8,10-11,13-15H,4,9,12H2,1-3H3. The predicted octanol–water partition coefficient (Wildman–Crippen LogP) is 5.19. The predicted molar refractivity (Wildman–Crippen MR) is 89.0 cm³/mol. The molecule has 0 saturated carbocycles. The molecule has 0 aliphatic carbocycles. The fourth-order valence-electron chi connectivity index (χ4n) is 2.67. The van der Waals surface area contributed by atoms with Gasteiger partial charge in [0, 0.05) is 12.0 Å². The molecule has 0 fully saturated rings. The second-order valence-electron chi connectivity index (χ2n) is 5.83. The average molecular weight is 280 g/mol. The van der Waals surface area contributed by atoms with Gasteiger partial charge in [-0.1, -0.05) is 69.3 Å². The molecule has 0 saturated heterocycles. The number of hydrogen-bond acceptors (Lipinski definition) is 1. The maximum atomic E-state index is 11.6. The van der Waals surface area contributed by atoms with Crippen LogP contribution < -0.4 is 0 Å². The van der Waals surface area contributed by atoms with Crippen LogP contribution in [0.25, 0.3) is 0 Å². The average Bonchev–Trinajstić information content (AvgIpc) is 2.52. The van der Waals surface area contributed by atoms with E-state index in [-0.39, 0.29) is 5.78 Å². The Balaban J connectivity index is 2.05. The van der Waals surface area contributed by atoms with Gasteiger partial charge in [-0.2, -0.15) is 0 Å². The first-order chi connectivity index (χ1) is 10.1. The third-order valence-electron chi connectivity index (χ3n) is 3.96. The molecule has 2 rings (SSSR count). The van der Waals surface area contributed by atoms with Gasteiger partial charge >= 0.3 is 0 Å². The van der Waals surface area contributed by atoms with Crippen molar-refractivity contribution < 1.29 is 4.79 Å². The molecule has 1 nitrogen and oxygen atoms in total. The lowest BCUT2D eigenvalue weighted by Crippen LogP contribution is -2.00. The van der Waals surface area contributed by atoms with E-state index in [9.17, 15) is 4.79 Å². The topological polar surface area (TPSA) is 17.1 Å². The molecule has 0 amide bonds. The number of Topliss-reactive ketones (excluding diaryl/α,β-unsaturated/α-hetero) is 1. The first-order valence-corrected chi connectivity index (χ1v) is 7.81. The van der Waals surface area contributed by atoms with Gasteiger partial charge in [0.25, 0.3) is 0 Å². The van der Waals surface area contributed by atoms with Crippen LogP contribution in [0.1, 0.15) is 60.2 Å². The molecule has 0 radical (unpaired) electrons. The summed E-state index contributed by atoms with van der Waals surface area (Å²) in [6.07, 6.45) is 2.64. The molecule has 0 unspecified atom stereocenters. The van der Waals surface area contributed by atoms with Crippen LogP contribution in [0.15, 0.2) is 48.5 Å². The van der Waals surface area contributed by atoms with Crippen molar-refractivity contribution in [2.75, 3.05) is 0 Å². The van der Waals surface area contributed by atoms with Crippen LogP contribution in [-0.4, -0.2) is 5.78 Å². The highest BCUT2D eigenvalue weighted by Gasteiger charge is 2.06. The Kier molecular flexibility index (Phi) is 5.32. The van der Waals surface area contributed by atoms with E-state index in [0.717, 1.165) is 18.4 Å². The summed E-state index contributed by atoms with van der Waals surface area (Å²) >= 11 is 0. The Morgan fingerprint density at radius 2 is 1.62 bits per heavy atom. The Labute approximate surface area is 128 Å². The van der Waals surface area contributed by atoms with Crippen molar-refractivity contribution in [1.29, 1.82) is 0 Å². The van der Waals surface area contributed by atoms with Gasteiger partial charge in [0.1, 0.15) is 0 Å². The summed E-state index contributed by atoms with van der Waals surface area (Å²) in [5.74, 6) is 0.775. The summed E-state index contributed by atoms with van der Waals surface area (Å²) in [5.41, 5.74) is 4.99. The number of aryl methyl sites for hydroxylation is 2. The summed E-state index contributed by atoms with van der Waals surface area (Å²) < 4.78 is 0. The first-order valence-electron chi connectivity index (χ1n) is 7.81. The molecule has 0 spiro atoms. The quantitative estimate of drug-likeness (QED) is 0.666. The summed E-state index contributed by atoms with van der Waals surface area (Å²) in [6.45, 7) is 6.38. The molecular formula is C20H24O. The largest absolute Gasteiger partial charge is 0.294 e. The lowest BCUT2D eigenvalue weighted by atomic mass is 9.93. The Morgan fingerprint density at radius 1 is 0.952 bits per heavy atom. The molecule has 0 heterocycles. The molecule has 2 aromatic carbocycles. The number of hydrogen-bond donors (Lipinski definition) is 0. The molecule has 21 heavy (non-hydrogen) atoms. The smallest absolute Gasteiger partial charge is 0.162 e. The molecule has 1 heteroatoms. The lowest BCUT2D eigenvalue weighted by Gasteiger charge is -2.12. The fourth-order valence-corrected chi connectivity index (χ4v) is 2.67. The molecule has 0 atom stereocenters. The van der Waals surface area contributed by atoms with E-state index in [2.05, 4.69) is 50.2 Å². The van der Waals surface area contributed by atoms with Crippen molar-refractivity contribution in [3.8, 4) is 0 Å². The van der Waals surface area contributed by atoms with Crippen LogP contribution in [0.4, 0.5) is 0 Å². The monoisotopic (exact) mass is 280 g/mol. The van der Waals surface area contributed by atoms with Crippen LogP contribution in [-0.2, 0) is 12.8 Å². The maximum Gasteiger partial charge on any atom is 0.162 e. The van der Waals surface area contributed by atoms with Crippen LogP contribution in [0.3, 0.4) is 0 Å². The molecule has 0 aliphatic heterocycles. The van der Waals surface area contributed by atoms with Crippen LogP contribution >= 0.6 is 0 Å². The van der Waals surface area contributed by atoms with Gasteiger partial charge in [-0.05, 0) is 35.4 Å². The summed E-state index contributed by atoms with van der Waals surface area (Å²) in [4.78, 5) is 11.6. The molecule has 0 aromatic heterocycles. The second-order valence-corrected chi connectivity index (χ2v) is 5.83. The molecule has 0 aliphatic rings. The van der Waals surface area contributed by atoms with Crippen LogP contribution in [0, 0.1) is 0 Å². The second kappa shape index (κ2) is 7.21. The minimum Gasteiger partial charge on any atom is -0.294 e. The van der Waals surface area contributed by atoms with E-state index in [4.69, 9.17) is 0 Å². The Hall–Kier alpha value is -1.89. The highest BCUT2D eigenvalue weighted by Crippen LogP contribution is 2.21. The van der Waals surface area contributed by atoms with Crippen LogP contribution in [0.5, 0.6) is 0 Å². The van der Waals surface area contributed by atoms with Crippen molar-refractivity contribution in [2.45, 2.75) is 46.0 Å². The zero-order valence-electron chi connectivity index (χ0n) is 13.2. The van der Waals surface area contributed by atoms with Crippen molar-refractivity contribution in [3.05, 3.63) is 70.8 Å². The molecule has 110 valence electrons. The van der Waals surface area contributed by atoms with Crippen molar-refractivity contribution in [1.82, 2.24) is 0 Å². The van der Waals surface area contributed by atoms with Crippen molar-refractivity contribution >= 4 is 5.78 Å². The summed E-state index contributed by atoms with van der Waals surface area (Å²) in [5, 5.41) is 0. The molecule has 0 bridgehead atoms. The lowest BCUT2D eigenvalue weighted by molar-refractivity contribution is 0.0988. The number of ketones is 1. The number of benzene rings is 2. The van der Waals surface area contributed by atoms with Gasteiger partial charge in [-0.3, -0.25) is 4.79 Å². The zero-order valence-corrected chi connectivity index (χ0v) is 13.2. The van der Waals surface area contributed by atoms with E-state index in [1.54, 1.807) is 0 Å². The number of carbonyl (C=O) groups excluding carboxylic acids is 1. The SMILES string of the molecule is CCC(=O)c1ccc(CCc2ccccc2C(C)C)cc1. The van der Waals surface area contributed by atoms with E-state index in [1.165, 1.54) is 16.7 Å². The molecule has 0 N–H and O–H groups in total. The number of carbonyl (C=O) groups is 1. The first kappa shape index (κ1) is 15.5. The highest BCUT2D eigenvalue weighted by atomic mass is 16.1. The normalized spacial score (nSPS) is 10.9. The summed E-state index contributed by atoms with van der Waals surface area (Å²) in [6, 6.07) is 16.8. The molecular weight excluding hydrogens is 256 g/mol. The van der Waals surface area contributed by atoms with Gasteiger partial charge in [0.15, 0.2) is 5.78 Å². The Bertz CT molecular complexity index is 593. The molecule has 2 aromatic rings. The zero-order chi connectivity index (χ0) is 15.2. The van der Waals surface area contributed by atoms with Gasteiger partial charge in [0.05, 0.1) is 0 Å². The third-order valence-corrected chi connectivity index (χ3v) is 3.96. The van der Waals surface area contributed by atoms with Gasteiger partial charge in [0.2, 0.25) is 0 Å². The van der Waals surface area contributed by atoms with Gasteiger partial charge in [-0.15, -0.1) is 0 Å².